The van der Waals surface area contributed by atoms with Crippen LogP contribution in [-0.2, 0) is 6.42 Å². The molecule has 0 unspecified atom stereocenters. The van der Waals surface area contributed by atoms with E-state index in [-0.39, 0.29) is 5.92 Å². The second-order valence-electron chi connectivity index (χ2n) is 3.62. The number of aryl methyl sites for hydroxylation is 1. The summed E-state index contributed by atoms with van der Waals surface area (Å²) >= 11 is 0. The van der Waals surface area contributed by atoms with E-state index in [0.29, 0.717) is 19.5 Å². The van der Waals surface area contributed by atoms with Crippen molar-refractivity contribution in [1.82, 2.24) is 0 Å². The molecule has 0 amide bonds. The predicted molar refractivity (Wildman–Crippen MR) is 56.3 cm³/mol. The summed E-state index contributed by atoms with van der Waals surface area (Å²) in [7, 11) is 0. The molecule has 0 aliphatic rings. The van der Waals surface area contributed by atoms with Gasteiger partial charge in [0.25, 0.3) is 0 Å². The Kier molecular flexibility index (Phi) is 4.65. The van der Waals surface area contributed by atoms with Crippen LogP contribution in [0.4, 0.5) is 8.78 Å². The van der Waals surface area contributed by atoms with E-state index in [2.05, 4.69) is 0 Å². The number of hydrogen-bond acceptors (Lipinski definition) is 2. The Bertz CT molecular complexity index is 311. The number of rotatable bonds is 5. The van der Waals surface area contributed by atoms with Crippen LogP contribution in [0.3, 0.4) is 0 Å². The van der Waals surface area contributed by atoms with Crippen LogP contribution in [0.1, 0.15) is 12.0 Å². The van der Waals surface area contributed by atoms with Gasteiger partial charge in [-0.25, -0.2) is 8.78 Å². The zero-order valence-corrected chi connectivity index (χ0v) is 8.55. The van der Waals surface area contributed by atoms with E-state index in [1.54, 1.807) is 6.07 Å². The summed E-state index contributed by atoms with van der Waals surface area (Å²) in [4.78, 5) is 0. The Hall–Kier alpha value is -1.00. The fourth-order valence-electron chi connectivity index (χ4n) is 1.40. The van der Waals surface area contributed by atoms with Gasteiger partial charge >= 0.3 is 0 Å². The van der Waals surface area contributed by atoms with Crippen LogP contribution >= 0.6 is 0 Å². The van der Waals surface area contributed by atoms with Crippen molar-refractivity contribution in [1.29, 1.82) is 0 Å². The Balaban J connectivity index is 2.54. The van der Waals surface area contributed by atoms with E-state index in [0.717, 1.165) is 18.1 Å². The molecule has 1 aromatic rings. The minimum Gasteiger partial charge on any atom is -0.330 e. The largest absolute Gasteiger partial charge is 0.330 e. The maximum absolute atomic E-state index is 12.8. The molecular weight excluding hydrogens is 198 g/mol. The van der Waals surface area contributed by atoms with Crippen LogP contribution in [0.5, 0.6) is 0 Å². The van der Waals surface area contributed by atoms with Gasteiger partial charge in [-0.15, -0.1) is 0 Å². The lowest BCUT2D eigenvalue weighted by molar-refractivity contribution is 0.495. The first-order chi connectivity index (χ1) is 7.17. The third kappa shape index (κ3) is 3.57. The Labute approximate surface area is 88.3 Å². The quantitative estimate of drug-likeness (QED) is 0.779. The lowest BCUT2D eigenvalue weighted by Crippen LogP contribution is -2.23. The zero-order valence-electron chi connectivity index (χ0n) is 8.55. The second kappa shape index (κ2) is 5.78. The van der Waals surface area contributed by atoms with Crippen molar-refractivity contribution in [3.8, 4) is 0 Å². The molecule has 0 aliphatic heterocycles. The zero-order chi connectivity index (χ0) is 11.3. The first kappa shape index (κ1) is 12.1. The van der Waals surface area contributed by atoms with Crippen molar-refractivity contribution in [2.75, 3.05) is 13.1 Å². The van der Waals surface area contributed by atoms with Gasteiger partial charge in [-0.3, -0.25) is 0 Å². The standard InChI is InChI=1S/C11H16F2N2/c12-10-4-3-8(5-11(10)13)1-2-9(6-14)7-15/h3-5,9H,1-2,6-7,14-15H2. The topological polar surface area (TPSA) is 52.0 Å². The van der Waals surface area contributed by atoms with Gasteiger partial charge < -0.3 is 11.5 Å². The van der Waals surface area contributed by atoms with Gasteiger partial charge in [0, 0.05) is 0 Å². The van der Waals surface area contributed by atoms with E-state index in [4.69, 9.17) is 11.5 Å². The minimum atomic E-state index is -0.812. The summed E-state index contributed by atoms with van der Waals surface area (Å²) in [5.41, 5.74) is 11.8. The molecule has 2 nitrogen and oxygen atoms in total. The van der Waals surface area contributed by atoms with Crippen molar-refractivity contribution in [2.45, 2.75) is 12.8 Å². The molecule has 0 spiro atoms. The van der Waals surface area contributed by atoms with Crippen LogP contribution in [0.2, 0.25) is 0 Å². The first-order valence-electron chi connectivity index (χ1n) is 5.01. The lowest BCUT2D eigenvalue weighted by atomic mass is 9.99. The van der Waals surface area contributed by atoms with E-state index < -0.39 is 11.6 Å². The highest BCUT2D eigenvalue weighted by molar-refractivity contribution is 5.17. The molecule has 0 fully saturated rings. The van der Waals surface area contributed by atoms with Crippen molar-refractivity contribution in [3.63, 3.8) is 0 Å². The highest BCUT2D eigenvalue weighted by atomic mass is 19.2. The molecule has 0 atom stereocenters. The molecule has 0 saturated carbocycles. The van der Waals surface area contributed by atoms with Crippen LogP contribution in [-0.4, -0.2) is 13.1 Å². The van der Waals surface area contributed by atoms with Crippen LogP contribution in [0, 0.1) is 17.6 Å². The summed E-state index contributed by atoms with van der Waals surface area (Å²) in [5, 5.41) is 0. The fraction of sp³-hybridized carbons (Fsp3) is 0.455. The Morgan fingerprint density at radius 3 is 2.27 bits per heavy atom. The maximum atomic E-state index is 12.8. The first-order valence-corrected chi connectivity index (χ1v) is 5.01. The van der Waals surface area contributed by atoms with E-state index >= 15 is 0 Å². The van der Waals surface area contributed by atoms with E-state index in [1.807, 2.05) is 0 Å². The molecule has 0 heterocycles. The van der Waals surface area contributed by atoms with Crippen LogP contribution < -0.4 is 11.5 Å². The molecule has 0 bridgehead atoms. The highest BCUT2D eigenvalue weighted by Gasteiger charge is 2.06. The van der Waals surface area contributed by atoms with Gasteiger partial charge in [0.2, 0.25) is 0 Å². The summed E-state index contributed by atoms with van der Waals surface area (Å²) < 4.78 is 25.5. The molecule has 4 heteroatoms. The van der Waals surface area contributed by atoms with Crippen molar-refractivity contribution < 1.29 is 8.78 Å². The average Bonchev–Trinajstić information content (AvgIpc) is 2.24. The molecule has 1 rings (SSSR count). The normalized spacial score (nSPS) is 11.0. The summed E-state index contributed by atoms with van der Waals surface area (Å²) in [5.74, 6) is -1.37. The molecular formula is C11H16F2N2. The van der Waals surface area contributed by atoms with Crippen molar-refractivity contribution in [2.24, 2.45) is 17.4 Å². The molecule has 0 saturated heterocycles. The Morgan fingerprint density at radius 1 is 1.07 bits per heavy atom. The smallest absolute Gasteiger partial charge is 0.159 e. The van der Waals surface area contributed by atoms with Gasteiger partial charge in [-0.1, -0.05) is 6.07 Å². The molecule has 84 valence electrons. The second-order valence-corrected chi connectivity index (χ2v) is 3.62. The summed E-state index contributed by atoms with van der Waals surface area (Å²) in [6.07, 6.45) is 1.48. The summed E-state index contributed by atoms with van der Waals surface area (Å²) in [6, 6.07) is 3.95. The van der Waals surface area contributed by atoms with Gasteiger partial charge in [0.15, 0.2) is 11.6 Å². The summed E-state index contributed by atoms with van der Waals surface area (Å²) in [6.45, 7) is 1.06. The van der Waals surface area contributed by atoms with Gasteiger partial charge in [0.05, 0.1) is 0 Å². The maximum Gasteiger partial charge on any atom is 0.159 e. The molecule has 0 aliphatic carbocycles. The molecule has 1 aromatic carbocycles. The SMILES string of the molecule is NCC(CN)CCc1ccc(F)c(F)c1. The molecule has 15 heavy (non-hydrogen) atoms. The number of hydrogen-bond donors (Lipinski definition) is 2. The van der Waals surface area contributed by atoms with Crippen LogP contribution in [0.15, 0.2) is 18.2 Å². The number of nitrogens with two attached hydrogens (primary N) is 2. The number of benzene rings is 1. The van der Waals surface area contributed by atoms with Crippen molar-refractivity contribution in [3.05, 3.63) is 35.4 Å². The van der Waals surface area contributed by atoms with Crippen LogP contribution in [0.25, 0.3) is 0 Å². The monoisotopic (exact) mass is 214 g/mol. The lowest BCUT2D eigenvalue weighted by Gasteiger charge is -2.11. The molecule has 4 N–H and O–H groups in total. The van der Waals surface area contributed by atoms with E-state index in [1.165, 1.54) is 6.07 Å². The fourth-order valence-corrected chi connectivity index (χ4v) is 1.40. The van der Waals surface area contributed by atoms with Crippen molar-refractivity contribution >= 4 is 0 Å². The van der Waals surface area contributed by atoms with Gasteiger partial charge in [0.1, 0.15) is 0 Å². The molecule has 0 radical (unpaired) electrons. The Morgan fingerprint density at radius 2 is 1.73 bits per heavy atom. The molecule has 0 aromatic heterocycles. The van der Waals surface area contributed by atoms with Gasteiger partial charge in [-0.05, 0) is 49.5 Å². The van der Waals surface area contributed by atoms with Gasteiger partial charge in [-0.2, -0.15) is 0 Å². The third-order valence-corrected chi connectivity index (χ3v) is 2.49. The highest BCUT2D eigenvalue weighted by Crippen LogP contribution is 2.12. The third-order valence-electron chi connectivity index (χ3n) is 2.49. The van der Waals surface area contributed by atoms with E-state index in [9.17, 15) is 8.78 Å². The minimum absolute atomic E-state index is 0.248. The predicted octanol–water partition coefficient (Wildman–Crippen LogP) is 1.43. The number of halogens is 2. The average molecular weight is 214 g/mol.